The maximum atomic E-state index is 11.8. The van der Waals surface area contributed by atoms with Gasteiger partial charge in [0.15, 0.2) is 0 Å². The van der Waals surface area contributed by atoms with Gasteiger partial charge >= 0.3 is 0 Å². The lowest BCUT2D eigenvalue weighted by molar-refractivity contribution is -0.126. The normalized spacial score (nSPS) is 20.4. The summed E-state index contributed by atoms with van der Waals surface area (Å²) in [5.41, 5.74) is 0. The number of hydrogen-bond acceptors (Lipinski definition) is 4. The summed E-state index contributed by atoms with van der Waals surface area (Å²) in [7, 11) is -3.03. The molecule has 0 radical (unpaired) electrons. The Labute approximate surface area is 96.9 Å². The van der Waals surface area contributed by atoms with Crippen LogP contribution in [-0.2, 0) is 14.6 Å². The standard InChI is InChI=1S/C10H20N2O3S/c1-8(7-16(2,14)15)12-10(13)9-3-5-11-6-4-9/h8-9,11H,3-7H2,1-2H3,(H,12,13). The van der Waals surface area contributed by atoms with Gasteiger partial charge in [-0.25, -0.2) is 8.42 Å². The molecule has 1 amide bonds. The van der Waals surface area contributed by atoms with Crippen LogP contribution in [0.5, 0.6) is 0 Å². The molecule has 1 fully saturated rings. The highest BCUT2D eigenvalue weighted by Crippen LogP contribution is 2.11. The van der Waals surface area contributed by atoms with Gasteiger partial charge in [0, 0.05) is 18.2 Å². The van der Waals surface area contributed by atoms with E-state index in [1.807, 2.05) is 0 Å². The van der Waals surface area contributed by atoms with E-state index in [2.05, 4.69) is 10.6 Å². The minimum absolute atomic E-state index is 0.00368. The zero-order valence-electron chi connectivity index (χ0n) is 9.82. The molecule has 0 aromatic carbocycles. The Kier molecular flexibility index (Phi) is 4.73. The first-order chi connectivity index (χ1) is 7.38. The molecule has 1 heterocycles. The molecule has 1 aliphatic heterocycles. The minimum Gasteiger partial charge on any atom is -0.352 e. The summed E-state index contributed by atoms with van der Waals surface area (Å²) < 4.78 is 22.1. The Morgan fingerprint density at radius 2 is 2.00 bits per heavy atom. The van der Waals surface area contributed by atoms with Gasteiger partial charge in [-0.2, -0.15) is 0 Å². The topological polar surface area (TPSA) is 75.3 Å². The van der Waals surface area contributed by atoms with E-state index >= 15 is 0 Å². The number of piperidine rings is 1. The van der Waals surface area contributed by atoms with Gasteiger partial charge < -0.3 is 10.6 Å². The number of carbonyl (C=O) groups excluding carboxylic acids is 1. The van der Waals surface area contributed by atoms with Gasteiger partial charge in [0.1, 0.15) is 9.84 Å². The van der Waals surface area contributed by atoms with Crippen molar-refractivity contribution in [1.82, 2.24) is 10.6 Å². The molecule has 0 aliphatic carbocycles. The Balaban J connectivity index is 2.38. The smallest absolute Gasteiger partial charge is 0.223 e. The lowest BCUT2D eigenvalue weighted by Crippen LogP contribution is -2.43. The van der Waals surface area contributed by atoms with Crippen LogP contribution in [0, 0.1) is 5.92 Å². The number of rotatable bonds is 4. The summed E-state index contributed by atoms with van der Waals surface area (Å²) >= 11 is 0. The Hall–Kier alpha value is -0.620. The van der Waals surface area contributed by atoms with Crippen molar-refractivity contribution in [3.63, 3.8) is 0 Å². The Morgan fingerprint density at radius 3 is 2.50 bits per heavy atom. The molecule has 16 heavy (non-hydrogen) atoms. The first-order valence-corrected chi connectivity index (χ1v) is 7.63. The fraction of sp³-hybridized carbons (Fsp3) is 0.900. The van der Waals surface area contributed by atoms with Crippen LogP contribution in [0.25, 0.3) is 0 Å². The molecule has 0 aromatic heterocycles. The first kappa shape index (κ1) is 13.4. The molecule has 2 N–H and O–H groups in total. The highest BCUT2D eigenvalue weighted by molar-refractivity contribution is 7.90. The van der Waals surface area contributed by atoms with E-state index < -0.39 is 9.84 Å². The van der Waals surface area contributed by atoms with Crippen LogP contribution in [-0.4, -0.2) is 45.5 Å². The second kappa shape index (κ2) is 5.63. The average molecular weight is 248 g/mol. The van der Waals surface area contributed by atoms with Crippen LogP contribution in [0.4, 0.5) is 0 Å². The van der Waals surface area contributed by atoms with Crippen molar-refractivity contribution in [3.05, 3.63) is 0 Å². The van der Waals surface area contributed by atoms with Gasteiger partial charge in [0.25, 0.3) is 0 Å². The number of carbonyl (C=O) groups is 1. The van der Waals surface area contributed by atoms with Crippen LogP contribution in [0.1, 0.15) is 19.8 Å². The van der Waals surface area contributed by atoms with Crippen molar-refractivity contribution >= 4 is 15.7 Å². The van der Waals surface area contributed by atoms with Crippen LogP contribution in [0.3, 0.4) is 0 Å². The van der Waals surface area contributed by atoms with Gasteiger partial charge in [-0.3, -0.25) is 4.79 Å². The van der Waals surface area contributed by atoms with Gasteiger partial charge in [0.05, 0.1) is 5.75 Å². The van der Waals surface area contributed by atoms with Crippen molar-refractivity contribution in [1.29, 1.82) is 0 Å². The summed E-state index contributed by atoms with van der Waals surface area (Å²) in [5.74, 6) is 0.0184. The van der Waals surface area contributed by atoms with Crippen molar-refractivity contribution in [2.75, 3.05) is 25.1 Å². The first-order valence-electron chi connectivity index (χ1n) is 5.57. The van der Waals surface area contributed by atoms with E-state index in [0.717, 1.165) is 25.9 Å². The molecule has 6 heteroatoms. The highest BCUT2D eigenvalue weighted by Gasteiger charge is 2.22. The van der Waals surface area contributed by atoms with E-state index in [4.69, 9.17) is 0 Å². The summed E-state index contributed by atoms with van der Waals surface area (Å²) in [6.45, 7) is 3.44. The second-order valence-corrected chi connectivity index (χ2v) is 6.71. The molecule has 0 aromatic rings. The van der Waals surface area contributed by atoms with Gasteiger partial charge in [-0.15, -0.1) is 0 Å². The van der Waals surface area contributed by atoms with Crippen LogP contribution < -0.4 is 10.6 Å². The molecular weight excluding hydrogens is 228 g/mol. The Morgan fingerprint density at radius 1 is 1.44 bits per heavy atom. The molecule has 1 saturated heterocycles. The fourth-order valence-electron chi connectivity index (χ4n) is 1.94. The van der Waals surface area contributed by atoms with E-state index in [1.165, 1.54) is 6.26 Å². The van der Waals surface area contributed by atoms with E-state index in [0.29, 0.717) is 0 Å². The summed E-state index contributed by atoms with van der Waals surface area (Å²) in [6, 6.07) is -0.308. The number of sulfone groups is 1. The molecule has 1 aliphatic rings. The molecular formula is C10H20N2O3S. The monoisotopic (exact) mass is 248 g/mol. The predicted molar refractivity (Wildman–Crippen MR) is 62.9 cm³/mol. The zero-order chi connectivity index (χ0) is 12.2. The highest BCUT2D eigenvalue weighted by atomic mass is 32.2. The lowest BCUT2D eigenvalue weighted by atomic mass is 9.97. The van der Waals surface area contributed by atoms with Gasteiger partial charge in [-0.1, -0.05) is 0 Å². The van der Waals surface area contributed by atoms with E-state index in [1.54, 1.807) is 6.92 Å². The summed E-state index contributed by atoms with van der Waals surface area (Å²) in [6.07, 6.45) is 2.84. The minimum atomic E-state index is -3.03. The third-order valence-electron chi connectivity index (χ3n) is 2.65. The number of nitrogens with one attached hydrogen (secondary N) is 2. The maximum absolute atomic E-state index is 11.8. The van der Waals surface area contributed by atoms with Crippen LogP contribution in [0.2, 0.25) is 0 Å². The third kappa shape index (κ3) is 4.94. The van der Waals surface area contributed by atoms with Crippen LogP contribution in [0.15, 0.2) is 0 Å². The zero-order valence-corrected chi connectivity index (χ0v) is 10.6. The fourth-order valence-corrected chi connectivity index (χ4v) is 2.93. The summed E-state index contributed by atoms with van der Waals surface area (Å²) in [5, 5.41) is 5.95. The second-order valence-electron chi connectivity index (χ2n) is 4.53. The average Bonchev–Trinajstić information content (AvgIpc) is 2.16. The van der Waals surface area contributed by atoms with Gasteiger partial charge in [-0.05, 0) is 32.9 Å². The van der Waals surface area contributed by atoms with E-state index in [9.17, 15) is 13.2 Å². The quantitative estimate of drug-likeness (QED) is 0.705. The molecule has 94 valence electrons. The largest absolute Gasteiger partial charge is 0.352 e. The van der Waals surface area contributed by atoms with Crippen molar-refractivity contribution in [3.8, 4) is 0 Å². The Bertz CT molecular complexity index is 334. The molecule has 1 unspecified atom stereocenters. The third-order valence-corrected chi connectivity index (χ3v) is 3.76. The summed E-state index contributed by atoms with van der Waals surface area (Å²) in [4.78, 5) is 11.8. The van der Waals surface area contributed by atoms with Crippen molar-refractivity contribution in [2.45, 2.75) is 25.8 Å². The molecule has 1 rings (SSSR count). The number of amides is 1. The maximum Gasteiger partial charge on any atom is 0.223 e. The number of hydrogen-bond donors (Lipinski definition) is 2. The lowest BCUT2D eigenvalue weighted by Gasteiger charge is -2.23. The molecule has 0 saturated carbocycles. The molecule has 0 bridgehead atoms. The molecule has 0 spiro atoms. The SMILES string of the molecule is CC(CS(C)(=O)=O)NC(=O)C1CCNCC1. The molecule has 1 atom stereocenters. The van der Waals surface area contributed by atoms with Gasteiger partial charge in [0.2, 0.25) is 5.91 Å². The molecule has 5 nitrogen and oxygen atoms in total. The van der Waals surface area contributed by atoms with Crippen molar-refractivity contribution in [2.24, 2.45) is 5.92 Å². The van der Waals surface area contributed by atoms with Crippen LogP contribution >= 0.6 is 0 Å². The predicted octanol–water partition coefficient (Wildman–Crippen LogP) is -0.465. The van der Waals surface area contributed by atoms with E-state index in [-0.39, 0.29) is 23.6 Å². The van der Waals surface area contributed by atoms with Crippen molar-refractivity contribution < 1.29 is 13.2 Å².